The minimum atomic E-state index is -4.73. The number of nitrogens with two attached hydrogens (primary N) is 1. The Morgan fingerprint density at radius 3 is 2.11 bits per heavy atom. The quantitative estimate of drug-likeness (QED) is 0.848. The van der Waals surface area contributed by atoms with Crippen LogP contribution in [0.25, 0.3) is 0 Å². The second-order valence-corrected chi connectivity index (χ2v) is 4.08. The van der Waals surface area contributed by atoms with Gasteiger partial charge in [0.25, 0.3) is 0 Å². The third-order valence-electron chi connectivity index (χ3n) is 2.57. The van der Waals surface area contributed by atoms with Gasteiger partial charge < -0.3 is 10.5 Å². The van der Waals surface area contributed by atoms with Crippen molar-refractivity contribution in [2.75, 3.05) is 0 Å². The Morgan fingerprint density at radius 2 is 1.72 bits per heavy atom. The van der Waals surface area contributed by atoms with Crippen molar-refractivity contribution in [1.29, 1.82) is 0 Å². The second-order valence-electron chi connectivity index (χ2n) is 4.08. The topological polar surface area (TPSA) is 52.3 Å². The minimum Gasteiger partial charge on any atom is -0.406 e. The molecule has 0 aliphatic carbocycles. The lowest BCUT2D eigenvalue weighted by Gasteiger charge is -2.14. The van der Waals surface area contributed by atoms with Gasteiger partial charge in [0.1, 0.15) is 5.75 Å². The average molecular weight is 261 g/mol. The lowest BCUT2D eigenvalue weighted by Crippen LogP contribution is -2.30. The second kappa shape index (κ2) is 5.39. The molecule has 100 valence electrons. The fourth-order valence-corrected chi connectivity index (χ4v) is 1.32. The maximum Gasteiger partial charge on any atom is 0.573 e. The van der Waals surface area contributed by atoms with E-state index in [0.29, 0.717) is 5.56 Å². The first-order valence-corrected chi connectivity index (χ1v) is 5.36. The molecule has 0 aromatic heterocycles. The molecule has 18 heavy (non-hydrogen) atoms. The van der Waals surface area contributed by atoms with E-state index >= 15 is 0 Å². The van der Waals surface area contributed by atoms with Gasteiger partial charge in [-0.05, 0) is 31.2 Å². The third-order valence-corrected chi connectivity index (χ3v) is 2.57. The number of halogens is 3. The lowest BCUT2D eigenvalue weighted by atomic mass is 9.94. The number of ether oxygens (including phenoxy) is 1. The molecule has 6 heteroatoms. The number of benzene rings is 1. The molecule has 0 saturated heterocycles. The zero-order chi connectivity index (χ0) is 13.9. The smallest absolute Gasteiger partial charge is 0.406 e. The molecule has 2 N–H and O–H groups in total. The first kappa shape index (κ1) is 14.5. The van der Waals surface area contributed by atoms with Gasteiger partial charge in [0.15, 0.2) is 5.78 Å². The van der Waals surface area contributed by atoms with Gasteiger partial charge in [0.05, 0.1) is 0 Å². The molecule has 0 bridgehead atoms. The number of carbonyl (C=O) groups excluding carboxylic acids is 1. The number of alkyl halides is 3. The van der Waals surface area contributed by atoms with E-state index in [-0.39, 0.29) is 23.5 Å². The van der Waals surface area contributed by atoms with Crippen LogP contribution in [0.5, 0.6) is 5.75 Å². The molecule has 0 fully saturated rings. The highest BCUT2D eigenvalue weighted by Crippen LogP contribution is 2.23. The molecule has 3 nitrogen and oxygen atoms in total. The van der Waals surface area contributed by atoms with Crippen molar-refractivity contribution in [2.45, 2.75) is 26.3 Å². The maximum atomic E-state index is 11.9. The molecule has 1 aromatic carbocycles. The molecular weight excluding hydrogens is 247 g/mol. The number of ketones is 1. The van der Waals surface area contributed by atoms with Crippen LogP contribution in [0.3, 0.4) is 0 Å². The molecule has 0 amide bonds. The largest absolute Gasteiger partial charge is 0.573 e. The number of Topliss-reactive ketones (excluding diaryl/α,β-unsaturated/α-hetero) is 1. The van der Waals surface area contributed by atoms with E-state index in [0.717, 1.165) is 12.1 Å². The first-order chi connectivity index (χ1) is 8.20. The summed E-state index contributed by atoms with van der Waals surface area (Å²) in [4.78, 5) is 11.8. The van der Waals surface area contributed by atoms with Crippen LogP contribution in [-0.4, -0.2) is 18.2 Å². The molecule has 0 aliphatic rings. The number of hydrogen-bond donors (Lipinski definition) is 1. The van der Waals surface area contributed by atoms with Crippen LogP contribution in [0, 0.1) is 5.92 Å². The Hall–Kier alpha value is -1.56. The van der Waals surface area contributed by atoms with E-state index in [9.17, 15) is 18.0 Å². The third kappa shape index (κ3) is 4.03. The van der Waals surface area contributed by atoms with Crippen LogP contribution in [0.4, 0.5) is 13.2 Å². The Bertz CT molecular complexity index is 412. The van der Waals surface area contributed by atoms with Crippen LogP contribution >= 0.6 is 0 Å². The predicted octanol–water partition coefficient (Wildman–Crippen LogP) is 2.75. The van der Waals surface area contributed by atoms with E-state index in [1.54, 1.807) is 13.8 Å². The molecule has 0 spiro atoms. The molecule has 0 heterocycles. The Kier molecular flexibility index (Phi) is 4.34. The molecule has 0 radical (unpaired) electrons. The summed E-state index contributed by atoms with van der Waals surface area (Å²) in [5.74, 6) is -0.949. The summed E-state index contributed by atoms with van der Waals surface area (Å²) < 4.78 is 39.5. The molecule has 2 unspecified atom stereocenters. The van der Waals surface area contributed by atoms with E-state index in [4.69, 9.17) is 5.73 Å². The van der Waals surface area contributed by atoms with E-state index in [2.05, 4.69) is 4.74 Å². The molecular formula is C12H14F3NO2. The van der Waals surface area contributed by atoms with Crippen molar-refractivity contribution in [1.82, 2.24) is 0 Å². The van der Waals surface area contributed by atoms with Crippen molar-refractivity contribution >= 4 is 5.78 Å². The van der Waals surface area contributed by atoms with Crippen LogP contribution in [0.15, 0.2) is 24.3 Å². The number of hydrogen-bond acceptors (Lipinski definition) is 3. The van der Waals surface area contributed by atoms with Crippen molar-refractivity contribution in [2.24, 2.45) is 11.7 Å². The zero-order valence-electron chi connectivity index (χ0n) is 9.99. The van der Waals surface area contributed by atoms with Crippen LogP contribution in [0.1, 0.15) is 24.2 Å². The number of carbonyl (C=O) groups is 1. The van der Waals surface area contributed by atoms with Crippen molar-refractivity contribution in [3.8, 4) is 5.75 Å². The summed E-state index contributed by atoms with van der Waals surface area (Å²) >= 11 is 0. The molecule has 1 aromatic rings. The fraction of sp³-hybridized carbons (Fsp3) is 0.417. The Morgan fingerprint density at radius 1 is 1.22 bits per heavy atom. The van der Waals surface area contributed by atoms with Crippen LogP contribution < -0.4 is 10.5 Å². The zero-order valence-corrected chi connectivity index (χ0v) is 9.99. The van der Waals surface area contributed by atoms with Gasteiger partial charge in [-0.2, -0.15) is 0 Å². The van der Waals surface area contributed by atoms with Gasteiger partial charge >= 0.3 is 6.36 Å². The Labute approximate surface area is 103 Å². The van der Waals surface area contributed by atoms with Gasteiger partial charge in [-0.15, -0.1) is 13.2 Å². The van der Waals surface area contributed by atoms with Crippen LogP contribution in [-0.2, 0) is 0 Å². The summed E-state index contributed by atoms with van der Waals surface area (Å²) in [6.07, 6.45) is -4.73. The predicted molar refractivity (Wildman–Crippen MR) is 60.3 cm³/mol. The SMILES string of the molecule is CC(N)C(C)C(=O)c1ccc(OC(F)(F)F)cc1. The van der Waals surface area contributed by atoms with Crippen molar-refractivity contribution in [3.63, 3.8) is 0 Å². The van der Waals surface area contributed by atoms with Gasteiger partial charge in [0.2, 0.25) is 0 Å². The fourth-order valence-electron chi connectivity index (χ4n) is 1.32. The van der Waals surface area contributed by atoms with Gasteiger partial charge in [-0.1, -0.05) is 6.92 Å². The molecule has 0 aliphatic heterocycles. The molecule has 2 atom stereocenters. The monoisotopic (exact) mass is 261 g/mol. The summed E-state index contributed by atoms with van der Waals surface area (Å²) in [6, 6.07) is 4.48. The molecule has 0 saturated carbocycles. The van der Waals surface area contributed by atoms with E-state index in [1.165, 1.54) is 12.1 Å². The highest BCUT2D eigenvalue weighted by Gasteiger charge is 2.31. The standard InChI is InChI=1S/C12H14F3NO2/c1-7(8(2)16)11(17)9-3-5-10(6-4-9)18-12(13,14)15/h3-8H,16H2,1-2H3. The Balaban J connectivity index is 2.80. The van der Waals surface area contributed by atoms with Crippen molar-refractivity contribution in [3.05, 3.63) is 29.8 Å². The van der Waals surface area contributed by atoms with Gasteiger partial charge in [-0.25, -0.2) is 0 Å². The summed E-state index contributed by atoms with van der Waals surface area (Å²) in [5.41, 5.74) is 5.91. The highest BCUT2D eigenvalue weighted by atomic mass is 19.4. The molecule has 1 rings (SSSR count). The van der Waals surface area contributed by atoms with Gasteiger partial charge in [-0.3, -0.25) is 4.79 Å². The minimum absolute atomic E-state index is 0.205. The summed E-state index contributed by atoms with van der Waals surface area (Å²) in [5, 5.41) is 0. The van der Waals surface area contributed by atoms with E-state index < -0.39 is 6.36 Å². The summed E-state index contributed by atoms with van der Waals surface area (Å²) in [7, 11) is 0. The van der Waals surface area contributed by atoms with Crippen LogP contribution in [0.2, 0.25) is 0 Å². The maximum absolute atomic E-state index is 11.9. The van der Waals surface area contributed by atoms with E-state index in [1.807, 2.05) is 0 Å². The average Bonchev–Trinajstić information content (AvgIpc) is 2.26. The first-order valence-electron chi connectivity index (χ1n) is 5.36. The normalized spacial score (nSPS) is 15.0. The number of rotatable bonds is 4. The van der Waals surface area contributed by atoms with Gasteiger partial charge in [0, 0.05) is 17.5 Å². The van der Waals surface area contributed by atoms with Crippen molar-refractivity contribution < 1.29 is 22.7 Å². The highest BCUT2D eigenvalue weighted by molar-refractivity contribution is 5.98. The summed E-state index contributed by atoms with van der Waals surface area (Å²) in [6.45, 7) is 3.37. The lowest BCUT2D eigenvalue weighted by molar-refractivity contribution is -0.274.